The van der Waals surface area contributed by atoms with Crippen LogP contribution in [0.1, 0.15) is 6.42 Å². The largest absolute Gasteiger partial charge is 0.473 e. The zero-order valence-corrected chi connectivity index (χ0v) is 6.89. The van der Waals surface area contributed by atoms with Crippen LogP contribution in [0.5, 0.6) is 0 Å². The minimum atomic E-state index is -1.04. The van der Waals surface area contributed by atoms with Gasteiger partial charge in [-0.05, 0) is 11.8 Å². The summed E-state index contributed by atoms with van der Waals surface area (Å²) in [6.07, 6.45) is -0.120. The first-order valence-corrected chi connectivity index (χ1v) is 4.26. The molecule has 1 unspecified atom stereocenters. The Bertz CT molecular complexity index is 240. The number of hydrogen-bond acceptors (Lipinski definition) is 4. The lowest BCUT2D eigenvalue weighted by Crippen LogP contribution is -2.31. The lowest BCUT2D eigenvalue weighted by molar-refractivity contribution is -0.122. The van der Waals surface area contributed by atoms with E-state index in [1.54, 1.807) is 0 Å². The molecule has 0 aliphatic carbocycles. The van der Waals surface area contributed by atoms with E-state index >= 15 is 0 Å². The molecule has 6 heteroatoms. The Balaban J connectivity index is 2.38. The molecule has 0 saturated carbocycles. The number of carbonyl (C=O) groups excluding carboxylic acids is 2. The smallest absolute Gasteiger partial charge is 0.364 e. The Morgan fingerprint density at radius 3 is 2.75 bits per heavy atom. The number of ketones is 1. The molecule has 0 aromatic carbocycles. The van der Waals surface area contributed by atoms with E-state index in [0.717, 1.165) is 0 Å². The molecule has 5 nitrogen and oxygen atoms in total. The van der Waals surface area contributed by atoms with Gasteiger partial charge in [0.25, 0.3) is 0 Å². The Morgan fingerprint density at radius 2 is 2.33 bits per heavy atom. The molecule has 1 heterocycles. The van der Waals surface area contributed by atoms with Crippen molar-refractivity contribution in [3.63, 3.8) is 0 Å². The highest BCUT2D eigenvalue weighted by molar-refractivity contribution is 8.13. The van der Waals surface area contributed by atoms with Gasteiger partial charge in [0.1, 0.15) is 0 Å². The fraction of sp³-hybridized carbons (Fsp3) is 0.500. The number of carbonyl (C=O) groups is 3. The lowest BCUT2D eigenvalue weighted by atomic mass is 10.2. The summed E-state index contributed by atoms with van der Waals surface area (Å²) in [5, 5.41) is 9.61. The van der Waals surface area contributed by atoms with Crippen molar-refractivity contribution in [2.75, 3.05) is 5.75 Å². The van der Waals surface area contributed by atoms with Crippen molar-refractivity contribution >= 4 is 28.8 Å². The summed E-state index contributed by atoms with van der Waals surface area (Å²) in [7, 11) is 0. The van der Waals surface area contributed by atoms with Gasteiger partial charge in [-0.3, -0.25) is 9.59 Å². The number of carboxylic acid groups (broad SMARTS) is 1. The van der Waals surface area contributed by atoms with Gasteiger partial charge in [0.2, 0.25) is 5.91 Å². The van der Waals surface area contributed by atoms with Crippen molar-refractivity contribution < 1.29 is 19.5 Å². The molecule has 0 spiro atoms. The molecule has 12 heavy (non-hydrogen) atoms. The van der Waals surface area contributed by atoms with Gasteiger partial charge in [0, 0.05) is 5.75 Å². The number of rotatable bonds is 2. The maximum absolute atomic E-state index is 10.9. The molecule has 1 saturated heterocycles. The monoisotopic (exact) mass is 189 g/mol. The summed E-state index contributed by atoms with van der Waals surface area (Å²) >= 11 is 0.615. The SMILES string of the molecule is O=C1CC(=O)C(CSC(=O)O)N1. The zero-order chi connectivity index (χ0) is 9.14. The number of thioether (sulfide) groups is 1. The Kier molecular flexibility index (Phi) is 2.69. The van der Waals surface area contributed by atoms with Gasteiger partial charge in [-0.2, -0.15) is 0 Å². The molecule has 1 amide bonds. The molecule has 1 aliphatic heterocycles. The predicted molar refractivity (Wildman–Crippen MR) is 42.0 cm³/mol. The summed E-state index contributed by atoms with van der Waals surface area (Å²) < 4.78 is 0. The average molecular weight is 189 g/mol. The molecular formula is C6H7NO4S. The zero-order valence-electron chi connectivity index (χ0n) is 6.07. The minimum absolute atomic E-state index is 0.111. The van der Waals surface area contributed by atoms with E-state index in [9.17, 15) is 14.4 Å². The number of Topliss-reactive ketones (excluding diaryl/α,β-unsaturated/α-hetero) is 1. The predicted octanol–water partition coefficient (Wildman–Crippen LogP) is -0.145. The van der Waals surface area contributed by atoms with Gasteiger partial charge in [-0.25, -0.2) is 4.79 Å². The van der Waals surface area contributed by atoms with Gasteiger partial charge >= 0.3 is 5.30 Å². The molecule has 0 aromatic heterocycles. The molecular weight excluding hydrogens is 182 g/mol. The van der Waals surface area contributed by atoms with Gasteiger partial charge in [-0.15, -0.1) is 0 Å². The molecule has 0 bridgehead atoms. The van der Waals surface area contributed by atoms with Crippen LogP contribution < -0.4 is 5.32 Å². The fourth-order valence-electron chi connectivity index (χ4n) is 0.897. The van der Waals surface area contributed by atoms with Crippen molar-refractivity contribution in [3.05, 3.63) is 0 Å². The summed E-state index contributed by atoms with van der Waals surface area (Å²) in [6, 6.07) is -0.612. The van der Waals surface area contributed by atoms with Crippen molar-refractivity contribution in [2.24, 2.45) is 0 Å². The van der Waals surface area contributed by atoms with Gasteiger partial charge in [-0.1, -0.05) is 0 Å². The average Bonchev–Trinajstić information content (AvgIpc) is 2.26. The van der Waals surface area contributed by atoms with Crippen LogP contribution in [-0.2, 0) is 9.59 Å². The first kappa shape index (κ1) is 9.05. The highest BCUT2D eigenvalue weighted by Crippen LogP contribution is 2.10. The fourth-order valence-corrected chi connectivity index (χ4v) is 1.48. The summed E-state index contributed by atoms with van der Waals surface area (Å²) in [5.41, 5.74) is 0. The molecule has 0 aromatic rings. The Hall–Kier alpha value is -1.04. The highest BCUT2D eigenvalue weighted by Gasteiger charge is 2.30. The second-order valence-electron chi connectivity index (χ2n) is 2.34. The van der Waals surface area contributed by atoms with Crippen LogP contribution in [0, 0.1) is 0 Å². The molecule has 2 N–H and O–H groups in total. The van der Waals surface area contributed by atoms with Crippen molar-refractivity contribution in [1.82, 2.24) is 5.32 Å². The summed E-state index contributed by atoms with van der Waals surface area (Å²) in [5.74, 6) is -0.440. The van der Waals surface area contributed by atoms with E-state index in [1.807, 2.05) is 0 Å². The molecule has 1 atom stereocenters. The van der Waals surface area contributed by atoms with Gasteiger partial charge < -0.3 is 10.4 Å². The number of amides is 1. The first-order valence-electron chi connectivity index (χ1n) is 3.27. The second kappa shape index (κ2) is 3.57. The quantitative estimate of drug-likeness (QED) is 0.590. The van der Waals surface area contributed by atoms with E-state index < -0.39 is 11.3 Å². The van der Waals surface area contributed by atoms with E-state index in [2.05, 4.69) is 5.32 Å². The van der Waals surface area contributed by atoms with Crippen molar-refractivity contribution in [3.8, 4) is 0 Å². The van der Waals surface area contributed by atoms with Crippen LogP contribution in [0.25, 0.3) is 0 Å². The van der Waals surface area contributed by atoms with Crippen LogP contribution in [-0.4, -0.2) is 33.9 Å². The number of nitrogens with one attached hydrogen (secondary N) is 1. The maximum atomic E-state index is 10.9. The van der Waals surface area contributed by atoms with Crippen molar-refractivity contribution in [2.45, 2.75) is 12.5 Å². The van der Waals surface area contributed by atoms with Gasteiger partial charge in [0.05, 0.1) is 12.5 Å². The number of hydrogen-bond donors (Lipinski definition) is 2. The van der Waals surface area contributed by atoms with Crippen LogP contribution in [0.15, 0.2) is 0 Å². The Labute approximate surface area is 72.5 Å². The second-order valence-corrected chi connectivity index (χ2v) is 3.31. The molecule has 1 aliphatic rings. The van der Waals surface area contributed by atoms with Crippen LogP contribution in [0.4, 0.5) is 4.79 Å². The van der Waals surface area contributed by atoms with Crippen LogP contribution in [0.3, 0.4) is 0 Å². The minimum Gasteiger partial charge on any atom is -0.473 e. The van der Waals surface area contributed by atoms with Crippen LogP contribution >= 0.6 is 11.8 Å². The summed E-state index contributed by atoms with van der Waals surface area (Å²) in [6.45, 7) is 0. The Morgan fingerprint density at radius 1 is 1.67 bits per heavy atom. The molecule has 66 valence electrons. The third-order valence-electron chi connectivity index (χ3n) is 1.43. The van der Waals surface area contributed by atoms with E-state index in [-0.39, 0.29) is 23.9 Å². The van der Waals surface area contributed by atoms with Gasteiger partial charge in [0.15, 0.2) is 5.78 Å². The topological polar surface area (TPSA) is 83.5 Å². The molecule has 1 fully saturated rings. The van der Waals surface area contributed by atoms with E-state index in [0.29, 0.717) is 11.8 Å². The van der Waals surface area contributed by atoms with E-state index in [1.165, 1.54) is 0 Å². The maximum Gasteiger partial charge on any atom is 0.364 e. The first-order chi connectivity index (χ1) is 5.59. The lowest BCUT2D eigenvalue weighted by Gasteiger charge is -2.04. The molecule has 0 radical (unpaired) electrons. The third-order valence-corrected chi connectivity index (χ3v) is 2.18. The summed E-state index contributed by atoms with van der Waals surface area (Å²) in [4.78, 5) is 31.6. The third kappa shape index (κ3) is 2.23. The molecule has 1 rings (SSSR count). The van der Waals surface area contributed by atoms with Crippen LogP contribution in [0.2, 0.25) is 0 Å². The van der Waals surface area contributed by atoms with Crippen molar-refractivity contribution in [1.29, 1.82) is 0 Å². The standard InChI is InChI=1S/C6H7NO4S/c8-4-1-5(9)7-3(4)2-12-6(10)11/h3H,1-2H2,(H,7,9)(H,10,11). The van der Waals surface area contributed by atoms with E-state index in [4.69, 9.17) is 5.11 Å². The normalized spacial score (nSPS) is 22.5. The highest BCUT2D eigenvalue weighted by atomic mass is 32.2.